The third kappa shape index (κ3) is 4.29. The Kier molecular flexibility index (Phi) is 4.76. The molecule has 0 bridgehead atoms. The summed E-state index contributed by atoms with van der Waals surface area (Å²) in [6, 6.07) is 4.77. The molecule has 0 amide bonds. The van der Waals surface area contributed by atoms with E-state index >= 15 is 0 Å². The molecule has 1 heterocycles. The average molecular weight is 223 g/mol. The second kappa shape index (κ2) is 6.10. The Balaban J connectivity index is 2.40. The lowest BCUT2D eigenvalue weighted by Gasteiger charge is -2.07. The Labute approximate surface area is 94.9 Å². The summed E-state index contributed by atoms with van der Waals surface area (Å²) in [5, 5.41) is 0. The largest absolute Gasteiger partial charge is 0.464 e. The first-order chi connectivity index (χ1) is 7.59. The van der Waals surface area contributed by atoms with Gasteiger partial charge in [0.25, 0.3) is 5.56 Å². The van der Waals surface area contributed by atoms with Crippen LogP contribution in [0.5, 0.6) is 0 Å². The number of hydrogen-bond donors (Lipinski definition) is 0. The topological polar surface area (TPSA) is 48.3 Å². The van der Waals surface area contributed by atoms with Crippen molar-refractivity contribution in [1.29, 1.82) is 0 Å². The number of carbonyl (C=O) groups excluding carboxylic acids is 1. The summed E-state index contributed by atoms with van der Waals surface area (Å²) in [4.78, 5) is 22.7. The first kappa shape index (κ1) is 12.5. The van der Waals surface area contributed by atoms with Crippen LogP contribution in [0.1, 0.15) is 20.3 Å². The minimum atomic E-state index is -0.367. The van der Waals surface area contributed by atoms with E-state index in [1.807, 2.05) is 0 Å². The van der Waals surface area contributed by atoms with Gasteiger partial charge in [0.1, 0.15) is 6.54 Å². The monoisotopic (exact) mass is 223 g/mol. The van der Waals surface area contributed by atoms with Crippen molar-refractivity contribution in [2.75, 3.05) is 6.61 Å². The van der Waals surface area contributed by atoms with Gasteiger partial charge < -0.3 is 9.30 Å². The maximum atomic E-state index is 11.4. The Morgan fingerprint density at radius 1 is 1.44 bits per heavy atom. The van der Waals surface area contributed by atoms with Crippen LogP contribution in [0, 0.1) is 5.92 Å². The fourth-order valence-corrected chi connectivity index (χ4v) is 1.18. The minimum Gasteiger partial charge on any atom is -0.464 e. The number of ether oxygens (including phenoxy) is 1. The Morgan fingerprint density at radius 2 is 2.19 bits per heavy atom. The second-order valence-corrected chi connectivity index (χ2v) is 4.07. The van der Waals surface area contributed by atoms with E-state index in [4.69, 9.17) is 4.74 Å². The van der Waals surface area contributed by atoms with Gasteiger partial charge in [-0.25, -0.2) is 0 Å². The number of esters is 1. The van der Waals surface area contributed by atoms with Crippen LogP contribution in [-0.2, 0) is 16.1 Å². The maximum Gasteiger partial charge on any atom is 0.326 e. The molecule has 0 unspecified atom stereocenters. The number of nitrogens with zero attached hydrogens (tertiary/aromatic N) is 1. The standard InChI is InChI=1S/C12H17NO3/c1-10(2)6-8-16-12(15)9-13-7-4-3-5-11(13)14/h3-5,7,10H,6,8-9H2,1-2H3. The van der Waals surface area contributed by atoms with Crippen molar-refractivity contribution in [3.8, 4) is 0 Å². The summed E-state index contributed by atoms with van der Waals surface area (Å²) in [6.45, 7) is 4.53. The average Bonchev–Trinajstić information content (AvgIpc) is 2.21. The van der Waals surface area contributed by atoms with Crippen molar-refractivity contribution in [3.63, 3.8) is 0 Å². The van der Waals surface area contributed by atoms with Crippen LogP contribution in [0.4, 0.5) is 0 Å². The van der Waals surface area contributed by atoms with E-state index in [0.717, 1.165) is 6.42 Å². The van der Waals surface area contributed by atoms with Crippen molar-refractivity contribution < 1.29 is 9.53 Å². The van der Waals surface area contributed by atoms with E-state index in [0.29, 0.717) is 12.5 Å². The van der Waals surface area contributed by atoms with Crippen LogP contribution in [0.2, 0.25) is 0 Å². The first-order valence-electron chi connectivity index (χ1n) is 5.40. The van der Waals surface area contributed by atoms with Crippen molar-refractivity contribution >= 4 is 5.97 Å². The minimum absolute atomic E-state index is 0.0161. The molecule has 4 nitrogen and oxygen atoms in total. The van der Waals surface area contributed by atoms with Gasteiger partial charge in [0.15, 0.2) is 0 Å². The Hall–Kier alpha value is -1.58. The Morgan fingerprint density at radius 3 is 2.81 bits per heavy atom. The van der Waals surface area contributed by atoms with Gasteiger partial charge in [0.2, 0.25) is 0 Å². The van der Waals surface area contributed by atoms with E-state index in [1.54, 1.807) is 18.3 Å². The lowest BCUT2D eigenvalue weighted by atomic mass is 10.1. The summed E-state index contributed by atoms with van der Waals surface area (Å²) in [5.41, 5.74) is -0.191. The van der Waals surface area contributed by atoms with Gasteiger partial charge in [-0.15, -0.1) is 0 Å². The molecule has 1 aromatic heterocycles. The lowest BCUT2D eigenvalue weighted by Crippen LogP contribution is -2.24. The molecular formula is C12H17NO3. The van der Waals surface area contributed by atoms with Crippen LogP contribution in [-0.4, -0.2) is 17.1 Å². The molecule has 1 aromatic rings. The highest BCUT2D eigenvalue weighted by molar-refractivity contribution is 5.69. The third-order valence-corrected chi connectivity index (χ3v) is 2.16. The molecule has 1 rings (SSSR count). The zero-order valence-electron chi connectivity index (χ0n) is 9.68. The molecule has 0 N–H and O–H groups in total. The van der Waals surface area contributed by atoms with Gasteiger partial charge >= 0.3 is 5.97 Å². The van der Waals surface area contributed by atoms with E-state index in [2.05, 4.69) is 13.8 Å². The summed E-state index contributed by atoms with van der Waals surface area (Å²) < 4.78 is 6.34. The van der Waals surface area contributed by atoms with Gasteiger partial charge in [-0.2, -0.15) is 0 Å². The number of hydrogen-bond acceptors (Lipinski definition) is 3. The number of pyridine rings is 1. The Bertz CT molecular complexity index is 395. The number of carbonyl (C=O) groups is 1. The van der Waals surface area contributed by atoms with Crippen molar-refractivity contribution in [3.05, 3.63) is 34.7 Å². The quantitative estimate of drug-likeness (QED) is 0.710. The molecular weight excluding hydrogens is 206 g/mol. The van der Waals surface area contributed by atoms with Crippen LogP contribution in [0.3, 0.4) is 0 Å². The van der Waals surface area contributed by atoms with E-state index in [-0.39, 0.29) is 18.1 Å². The molecule has 88 valence electrons. The molecule has 4 heteroatoms. The summed E-state index contributed by atoms with van der Waals surface area (Å²) in [6.07, 6.45) is 2.42. The molecule has 0 spiro atoms. The van der Waals surface area contributed by atoms with Gasteiger partial charge in [-0.05, 0) is 18.4 Å². The molecule has 0 fully saturated rings. The SMILES string of the molecule is CC(C)CCOC(=O)Cn1ccccc1=O. The van der Waals surface area contributed by atoms with E-state index in [9.17, 15) is 9.59 Å². The predicted molar refractivity (Wildman–Crippen MR) is 61.1 cm³/mol. The van der Waals surface area contributed by atoms with Crippen LogP contribution >= 0.6 is 0 Å². The molecule has 0 radical (unpaired) electrons. The van der Waals surface area contributed by atoms with Crippen molar-refractivity contribution in [2.45, 2.75) is 26.8 Å². The molecule has 0 aliphatic heterocycles. The normalized spacial score (nSPS) is 10.4. The molecule has 0 saturated heterocycles. The van der Waals surface area contributed by atoms with E-state index < -0.39 is 0 Å². The van der Waals surface area contributed by atoms with Crippen molar-refractivity contribution in [1.82, 2.24) is 4.57 Å². The molecule has 0 saturated carbocycles. The van der Waals surface area contributed by atoms with Gasteiger partial charge in [-0.1, -0.05) is 19.9 Å². The molecule has 0 atom stereocenters. The highest BCUT2D eigenvalue weighted by Crippen LogP contribution is 1.99. The van der Waals surface area contributed by atoms with E-state index in [1.165, 1.54) is 10.6 Å². The molecule has 16 heavy (non-hydrogen) atoms. The summed E-state index contributed by atoms with van der Waals surface area (Å²) >= 11 is 0. The fraction of sp³-hybridized carbons (Fsp3) is 0.500. The van der Waals surface area contributed by atoms with Gasteiger partial charge in [-0.3, -0.25) is 9.59 Å². The third-order valence-electron chi connectivity index (χ3n) is 2.16. The molecule has 0 aliphatic rings. The predicted octanol–water partition coefficient (Wildman–Crippen LogP) is 1.44. The summed E-state index contributed by atoms with van der Waals surface area (Å²) in [7, 11) is 0. The summed E-state index contributed by atoms with van der Waals surface area (Å²) in [5.74, 6) is 0.140. The number of rotatable bonds is 5. The maximum absolute atomic E-state index is 11.4. The first-order valence-corrected chi connectivity index (χ1v) is 5.40. The van der Waals surface area contributed by atoms with Crippen molar-refractivity contribution in [2.24, 2.45) is 5.92 Å². The molecule has 0 aromatic carbocycles. The van der Waals surface area contributed by atoms with Crippen LogP contribution < -0.4 is 5.56 Å². The van der Waals surface area contributed by atoms with Gasteiger partial charge in [0.05, 0.1) is 6.61 Å². The fourth-order valence-electron chi connectivity index (χ4n) is 1.18. The van der Waals surface area contributed by atoms with Crippen LogP contribution in [0.25, 0.3) is 0 Å². The highest BCUT2D eigenvalue weighted by Gasteiger charge is 2.05. The smallest absolute Gasteiger partial charge is 0.326 e. The molecule has 0 aliphatic carbocycles. The number of aromatic nitrogens is 1. The zero-order valence-corrected chi connectivity index (χ0v) is 9.68. The van der Waals surface area contributed by atoms with Gasteiger partial charge in [0, 0.05) is 12.3 Å². The second-order valence-electron chi connectivity index (χ2n) is 4.07. The van der Waals surface area contributed by atoms with Crippen LogP contribution in [0.15, 0.2) is 29.2 Å². The lowest BCUT2D eigenvalue weighted by molar-refractivity contribution is -0.144. The zero-order chi connectivity index (χ0) is 12.0. The highest BCUT2D eigenvalue weighted by atomic mass is 16.5.